The molecular weight excluding hydrogens is 443 g/mol. The smallest absolute Gasteiger partial charge is 0.258 e. The van der Waals surface area contributed by atoms with Crippen molar-refractivity contribution in [1.82, 2.24) is 10.2 Å². The van der Waals surface area contributed by atoms with Gasteiger partial charge in [-0.15, -0.1) is 0 Å². The van der Waals surface area contributed by atoms with E-state index in [1.807, 2.05) is 0 Å². The van der Waals surface area contributed by atoms with Gasteiger partial charge in [0.15, 0.2) is 0 Å². The van der Waals surface area contributed by atoms with Crippen molar-refractivity contribution in [1.29, 1.82) is 0 Å². The van der Waals surface area contributed by atoms with Crippen molar-refractivity contribution < 1.29 is 14.0 Å². The molecule has 2 fully saturated rings. The maximum Gasteiger partial charge on any atom is 0.258 e. The van der Waals surface area contributed by atoms with Crippen molar-refractivity contribution in [3.05, 3.63) is 64.4 Å². The van der Waals surface area contributed by atoms with E-state index in [9.17, 15) is 14.0 Å². The van der Waals surface area contributed by atoms with E-state index in [0.717, 1.165) is 25.9 Å². The Morgan fingerprint density at radius 1 is 1.09 bits per heavy atom. The standard InChI is InChI=1S/C25H30ClFN4O2/c26-21-7-2-8-22(27)24(21)25(33)31-15-18-13-30(14-19(18)16-31)20-6-1-4-17(12-20)5-3-11-29-23(32)9-10-28/h1-2,4,6-8,12,18-19H,3,5,9-11,13-16,28H2,(H,29,32). The predicted octanol–water partition coefficient (Wildman–Crippen LogP) is 3.09. The number of likely N-dealkylation sites (tertiary alicyclic amines) is 1. The number of aryl methyl sites for hydroxylation is 1. The van der Waals surface area contributed by atoms with Crippen molar-refractivity contribution in [2.24, 2.45) is 17.6 Å². The van der Waals surface area contributed by atoms with Crippen LogP contribution in [0, 0.1) is 17.7 Å². The highest BCUT2D eigenvalue weighted by Crippen LogP contribution is 2.35. The summed E-state index contributed by atoms with van der Waals surface area (Å²) in [7, 11) is 0. The predicted molar refractivity (Wildman–Crippen MR) is 128 cm³/mol. The molecule has 0 saturated carbocycles. The normalized spacial score (nSPS) is 19.6. The summed E-state index contributed by atoms with van der Waals surface area (Å²) in [5.74, 6) is -0.164. The number of carbonyl (C=O) groups is 2. The van der Waals surface area contributed by atoms with Gasteiger partial charge in [-0.1, -0.05) is 29.8 Å². The number of nitrogens with two attached hydrogens (primary N) is 1. The molecule has 2 atom stereocenters. The summed E-state index contributed by atoms with van der Waals surface area (Å²) in [4.78, 5) is 28.5. The van der Waals surface area contributed by atoms with Crippen molar-refractivity contribution in [2.45, 2.75) is 19.3 Å². The number of nitrogens with zero attached hydrogens (tertiary/aromatic N) is 2. The van der Waals surface area contributed by atoms with E-state index < -0.39 is 5.82 Å². The highest BCUT2D eigenvalue weighted by Gasteiger charge is 2.42. The van der Waals surface area contributed by atoms with Gasteiger partial charge in [0.05, 0.1) is 10.6 Å². The number of hydrogen-bond acceptors (Lipinski definition) is 4. The molecule has 2 amide bonds. The Kier molecular flexibility index (Phi) is 7.50. The summed E-state index contributed by atoms with van der Waals surface area (Å²) >= 11 is 6.10. The van der Waals surface area contributed by atoms with E-state index in [1.54, 1.807) is 11.0 Å². The Hall–Kier alpha value is -2.64. The van der Waals surface area contributed by atoms with Crippen LogP contribution in [0.25, 0.3) is 0 Å². The molecule has 33 heavy (non-hydrogen) atoms. The Bertz CT molecular complexity index is 983. The number of hydrogen-bond donors (Lipinski definition) is 2. The van der Waals surface area contributed by atoms with E-state index in [-0.39, 0.29) is 22.4 Å². The number of carbonyl (C=O) groups excluding carboxylic acids is 2. The van der Waals surface area contributed by atoms with Crippen LogP contribution < -0.4 is 16.0 Å². The van der Waals surface area contributed by atoms with Crippen LogP contribution in [0.5, 0.6) is 0 Å². The maximum atomic E-state index is 14.2. The van der Waals surface area contributed by atoms with Crippen LogP contribution in [-0.4, -0.2) is 56.0 Å². The molecule has 176 valence electrons. The van der Waals surface area contributed by atoms with E-state index in [2.05, 4.69) is 34.5 Å². The molecule has 8 heteroatoms. The quantitative estimate of drug-likeness (QED) is 0.579. The lowest BCUT2D eigenvalue weighted by Crippen LogP contribution is -2.34. The van der Waals surface area contributed by atoms with Gasteiger partial charge in [0, 0.05) is 63.2 Å². The third kappa shape index (κ3) is 5.47. The zero-order valence-electron chi connectivity index (χ0n) is 18.6. The second kappa shape index (κ2) is 10.5. The van der Waals surface area contributed by atoms with Crippen LogP contribution >= 0.6 is 11.6 Å². The molecule has 2 heterocycles. The monoisotopic (exact) mass is 472 g/mol. The van der Waals surface area contributed by atoms with Gasteiger partial charge < -0.3 is 20.9 Å². The average Bonchev–Trinajstić information content (AvgIpc) is 3.37. The molecule has 2 unspecified atom stereocenters. The molecule has 2 saturated heterocycles. The fourth-order valence-electron chi connectivity index (χ4n) is 4.88. The van der Waals surface area contributed by atoms with Crippen molar-refractivity contribution in [3.63, 3.8) is 0 Å². The van der Waals surface area contributed by atoms with Crippen LogP contribution in [0.2, 0.25) is 5.02 Å². The van der Waals surface area contributed by atoms with Gasteiger partial charge in [-0.25, -0.2) is 4.39 Å². The fraction of sp³-hybridized carbons (Fsp3) is 0.440. The second-order valence-electron chi connectivity index (χ2n) is 8.89. The zero-order valence-corrected chi connectivity index (χ0v) is 19.4. The number of anilines is 1. The minimum Gasteiger partial charge on any atom is -0.371 e. The lowest BCUT2D eigenvalue weighted by molar-refractivity contribution is -0.120. The summed E-state index contributed by atoms with van der Waals surface area (Å²) < 4.78 is 14.2. The van der Waals surface area contributed by atoms with Gasteiger partial charge in [0.1, 0.15) is 5.82 Å². The molecule has 0 radical (unpaired) electrons. The van der Waals surface area contributed by atoms with E-state index in [4.69, 9.17) is 17.3 Å². The van der Waals surface area contributed by atoms with Gasteiger partial charge in [-0.05, 0) is 42.7 Å². The first-order valence-corrected chi connectivity index (χ1v) is 11.9. The van der Waals surface area contributed by atoms with Gasteiger partial charge >= 0.3 is 0 Å². The number of nitrogens with one attached hydrogen (secondary N) is 1. The molecule has 2 aromatic rings. The SMILES string of the molecule is NCCC(=O)NCCCc1cccc(N2CC3CN(C(=O)c4c(F)cccc4Cl)CC3C2)c1. The lowest BCUT2D eigenvalue weighted by Gasteiger charge is -2.24. The summed E-state index contributed by atoms with van der Waals surface area (Å²) in [5.41, 5.74) is 7.79. The topological polar surface area (TPSA) is 78.7 Å². The molecule has 2 aliphatic rings. The second-order valence-corrected chi connectivity index (χ2v) is 9.30. The van der Waals surface area contributed by atoms with E-state index >= 15 is 0 Å². The van der Waals surface area contributed by atoms with E-state index in [0.29, 0.717) is 44.4 Å². The number of halogens is 2. The third-order valence-electron chi connectivity index (χ3n) is 6.56. The number of benzene rings is 2. The Morgan fingerprint density at radius 2 is 1.82 bits per heavy atom. The summed E-state index contributed by atoms with van der Waals surface area (Å²) in [6.45, 7) is 4.00. The minimum absolute atomic E-state index is 0.000317. The number of amides is 2. The summed E-state index contributed by atoms with van der Waals surface area (Å²) in [6.07, 6.45) is 2.13. The van der Waals surface area contributed by atoms with Crippen molar-refractivity contribution in [3.8, 4) is 0 Å². The van der Waals surface area contributed by atoms with Gasteiger partial charge in [-0.3, -0.25) is 9.59 Å². The van der Waals surface area contributed by atoms with Crippen molar-refractivity contribution >= 4 is 29.1 Å². The zero-order chi connectivity index (χ0) is 23.4. The maximum absolute atomic E-state index is 14.2. The van der Waals surface area contributed by atoms with Gasteiger partial charge in [0.25, 0.3) is 5.91 Å². The molecular formula is C25H30ClFN4O2. The molecule has 6 nitrogen and oxygen atoms in total. The van der Waals surface area contributed by atoms with Crippen molar-refractivity contribution in [2.75, 3.05) is 44.2 Å². The van der Waals surface area contributed by atoms with Gasteiger partial charge in [0.2, 0.25) is 5.91 Å². The lowest BCUT2D eigenvalue weighted by atomic mass is 10.0. The highest BCUT2D eigenvalue weighted by atomic mass is 35.5. The highest BCUT2D eigenvalue weighted by molar-refractivity contribution is 6.33. The summed E-state index contributed by atoms with van der Waals surface area (Å²) in [5, 5.41) is 3.05. The first kappa shape index (κ1) is 23.5. The van der Waals surface area contributed by atoms with Crippen LogP contribution in [0.3, 0.4) is 0 Å². The molecule has 2 aromatic carbocycles. The Labute approximate surface area is 198 Å². The molecule has 3 N–H and O–H groups in total. The first-order chi connectivity index (χ1) is 16.0. The van der Waals surface area contributed by atoms with Crippen LogP contribution in [0.15, 0.2) is 42.5 Å². The molecule has 4 rings (SSSR count). The number of fused-ring (bicyclic) bond motifs is 1. The molecule has 2 aliphatic heterocycles. The average molecular weight is 473 g/mol. The number of rotatable bonds is 8. The third-order valence-corrected chi connectivity index (χ3v) is 6.88. The largest absolute Gasteiger partial charge is 0.371 e. The minimum atomic E-state index is -0.568. The van der Waals surface area contributed by atoms with Crippen LogP contribution in [0.4, 0.5) is 10.1 Å². The Morgan fingerprint density at radius 3 is 2.52 bits per heavy atom. The molecule has 0 spiro atoms. The van der Waals surface area contributed by atoms with Crippen LogP contribution in [-0.2, 0) is 11.2 Å². The summed E-state index contributed by atoms with van der Waals surface area (Å²) in [6, 6.07) is 12.9. The molecule has 0 bridgehead atoms. The molecule has 0 aromatic heterocycles. The first-order valence-electron chi connectivity index (χ1n) is 11.5. The van der Waals surface area contributed by atoms with Crippen LogP contribution in [0.1, 0.15) is 28.8 Å². The van der Waals surface area contributed by atoms with Gasteiger partial charge in [-0.2, -0.15) is 0 Å². The fourth-order valence-corrected chi connectivity index (χ4v) is 5.12. The Balaban J connectivity index is 1.30. The van der Waals surface area contributed by atoms with E-state index in [1.165, 1.54) is 23.4 Å². The molecule has 0 aliphatic carbocycles.